The van der Waals surface area contributed by atoms with Gasteiger partial charge in [-0.1, -0.05) is 0 Å². The van der Waals surface area contributed by atoms with Gasteiger partial charge in [0.25, 0.3) is 0 Å². The molecule has 0 radical (unpaired) electrons. The molecule has 0 aromatic rings. The maximum atomic E-state index is 14.0. The number of carboxylic acids is 1. The molecule has 0 fully saturated rings. The van der Waals surface area contributed by atoms with Crippen LogP contribution in [0.2, 0.25) is 0 Å². The molecule has 4 unspecified atom stereocenters. The lowest BCUT2D eigenvalue weighted by atomic mass is 9.70. The quantitative estimate of drug-likeness (QED) is 0.510. The van der Waals surface area contributed by atoms with Gasteiger partial charge in [-0.15, -0.1) is 0 Å². The Morgan fingerprint density at radius 3 is 1.21 bits per heavy atom. The van der Waals surface area contributed by atoms with E-state index in [1.165, 1.54) is 0 Å². The number of aliphatic carboxylic acids is 1. The Balaban J connectivity index is 7.21. The van der Waals surface area contributed by atoms with Crippen molar-refractivity contribution in [3.05, 3.63) is 0 Å². The fourth-order valence-corrected chi connectivity index (χ4v) is 2.45. The molecule has 1 N–H and O–H groups in total. The summed E-state index contributed by atoms with van der Waals surface area (Å²) >= 11 is 0. The van der Waals surface area contributed by atoms with Gasteiger partial charge in [0, 0.05) is 0 Å². The lowest BCUT2D eigenvalue weighted by Crippen LogP contribution is -2.64. The van der Waals surface area contributed by atoms with Gasteiger partial charge in [-0.25, -0.2) is 9.18 Å². The fraction of sp³-hybridized carbons (Fsp3) is 0.909. The van der Waals surface area contributed by atoms with Crippen LogP contribution >= 0.6 is 0 Å². The van der Waals surface area contributed by atoms with Crippen molar-refractivity contribution < 1.29 is 80.1 Å². The fourth-order valence-electron chi connectivity index (χ4n) is 2.45. The van der Waals surface area contributed by atoms with Crippen molar-refractivity contribution in [1.29, 1.82) is 0 Å². The maximum Gasteiger partial charge on any atom is 0.434 e. The lowest BCUT2D eigenvalue weighted by Gasteiger charge is -2.42. The Bertz CT molecular complexity index is 578. The van der Waals surface area contributed by atoms with Crippen molar-refractivity contribution in [3.63, 3.8) is 0 Å². The first-order chi connectivity index (χ1) is 12.3. The van der Waals surface area contributed by atoms with Crippen molar-refractivity contribution in [2.24, 2.45) is 17.8 Å². The molecule has 0 saturated heterocycles. The molecule has 0 aliphatic rings. The first-order valence-corrected chi connectivity index (χ1v) is 6.53. The third-order valence-electron chi connectivity index (χ3n) is 3.55. The van der Waals surface area contributed by atoms with Gasteiger partial charge >= 0.3 is 42.5 Å². The van der Waals surface area contributed by atoms with E-state index in [2.05, 4.69) is 0 Å². The highest BCUT2D eigenvalue weighted by Gasteiger charge is 2.79. The lowest BCUT2D eigenvalue weighted by molar-refractivity contribution is -0.356. The third kappa shape index (κ3) is 6.16. The number of carbonyl (C=O) groups is 1. The largest absolute Gasteiger partial charge is 0.479 e. The summed E-state index contributed by atoms with van der Waals surface area (Å²) in [5.74, 6) is -21.5. The van der Waals surface area contributed by atoms with E-state index >= 15 is 0 Å². The molecule has 29 heavy (non-hydrogen) atoms. The van der Waals surface area contributed by atoms with Gasteiger partial charge < -0.3 is 5.11 Å². The van der Waals surface area contributed by atoms with Crippen LogP contribution in [0.1, 0.15) is 6.42 Å². The normalized spacial score (nSPS) is 20.0. The van der Waals surface area contributed by atoms with Gasteiger partial charge in [-0.2, -0.15) is 65.9 Å². The smallest absolute Gasteiger partial charge is 0.434 e. The molecule has 0 aromatic carbocycles. The minimum atomic E-state index is -7.39. The van der Waals surface area contributed by atoms with Gasteiger partial charge in [0.05, 0.1) is 18.3 Å². The van der Waals surface area contributed by atoms with E-state index in [4.69, 9.17) is 5.11 Å². The van der Waals surface area contributed by atoms with Crippen LogP contribution < -0.4 is 0 Å². The molecule has 0 aromatic heterocycles. The molecular weight excluding hydrogens is 468 g/mol. The first-order valence-electron chi connectivity index (χ1n) is 6.53. The minimum Gasteiger partial charge on any atom is -0.479 e. The predicted molar refractivity (Wildman–Crippen MR) is 56.8 cm³/mol. The van der Waals surface area contributed by atoms with Gasteiger partial charge in [0.2, 0.25) is 0 Å². The standard InChI is InChI=1S/C11H6F16O2/c12-6(13,14)1-2(8(16,17)18)3(9(19,20)21)4(10(22,23)24)7(15,5(28)29)11(25,26)27/h2-4H,1H2,(H,28,29). The van der Waals surface area contributed by atoms with E-state index < -0.39 is 66.7 Å². The second-order valence-electron chi connectivity index (χ2n) is 5.57. The molecule has 2 nitrogen and oxygen atoms in total. The van der Waals surface area contributed by atoms with Crippen LogP contribution in [-0.4, -0.2) is 47.6 Å². The molecule has 0 aliphatic heterocycles. The summed E-state index contributed by atoms with van der Waals surface area (Å²) in [4.78, 5) is 10.5. The maximum absolute atomic E-state index is 14.0. The summed E-state index contributed by atoms with van der Waals surface area (Å²) < 4.78 is 204. The van der Waals surface area contributed by atoms with E-state index in [-0.39, 0.29) is 0 Å². The number of carboxylic acid groups (broad SMARTS) is 1. The highest BCUT2D eigenvalue weighted by molar-refractivity contribution is 5.79. The van der Waals surface area contributed by atoms with Crippen LogP contribution in [-0.2, 0) is 4.79 Å². The number of hydrogen-bond donors (Lipinski definition) is 1. The topological polar surface area (TPSA) is 37.3 Å². The molecule has 0 bridgehead atoms. The van der Waals surface area contributed by atoms with Crippen LogP contribution in [0.15, 0.2) is 0 Å². The molecule has 0 aliphatic carbocycles. The van der Waals surface area contributed by atoms with Gasteiger partial charge in [-0.05, 0) is 0 Å². The van der Waals surface area contributed by atoms with Crippen molar-refractivity contribution in [1.82, 2.24) is 0 Å². The average Bonchev–Trinajstić information content (AvgIpc) is 2.35. The third-order valence-corrected chi connectivity index (χ3v) is 3.55. The summed E-state index contributed by atoms with van der Waals surface area (Å²) in [6, 6.07) is 0. The van der Waals surface area contributed by atoms with Crippen LogP contribution in [0.3, 0.4) is 0 Å². The molecular formula is C11H6F16O2. The van der Waals surface area contributed by atoms with Crippen LogP contribution in [0, 0.1) is 17.8 Å². The molecule has 0 heterocycles. The van der Waals surface area contributed by atoms with Crippen molar-refractivity contribution in [2.45, 2.75) is 43.0 Å². The summed E-state index contributed by atoms with van der Waals surface area (Å²) in [7, 11) is 0. The van der Waals surface area contributed by atoms with Crippen molar-refractivity contribution in [2.75, 3.05) is 0 Å². The minimum absolute atomic E-state index is 3.79. The Morgan fingerprint density at radius 1 is 0.655 bits per heavy atom. The molecule has 0 rings (SSSR count). The second-order valence-corrected chi connectivity index (χ2v) is 5.57. The van der Waals surface area contributed by atoms with E-state index in [0.29, 0.717) is 0 Å². The Labute approximate surface area is 148 Å². The zero-order chi connectivity index (χ0) is 24.0. The predicted octanol–water partition coefficient (Wildman–Crippen LogP) is 5.83. The second kappa shape index (κ2) is 7.55. The number of halogens is 16. The van der Waals surface area contributed by atoms with Gasteiger partial charge in [-0.3, -0.25) is 0 Å². The van der Waals surface area contributed by atoms with Gasteiger partial charge in [0.1, 0.15) is 5.92 Å². The first kappa shape index (κ1) is 27.4. The highest BCUT2D eigenvalue weighted by atomic mass is 19.4. The SMILES string of the molecule is O=C(O)C(F)(C(C(C(CC(F)(F)F)C(F)(F)F)C(F)(F)F)C(F)(F)F)C(F)(F)F. The van der Waals surface area contributed by atoms with E-state index in [9.17, 15) is 75.0 Å². The number of alkyl halides is 16. The number of hydrogen-bond acceptors (Lipinski definition) is 1. The average molecular weight is 474 g/mol. The summed E-state index contributed by atoms with van der Waals surface area (Å²) in [6.45, 7) is 0. The zero-order valence-corrected chi connectivity index (χ0v) is 12.8. The van der Waals surface area contributed by atoms with Crippen LogP contribution in [0.4, 0.5) is 70.2 Å². The number of rotatable bonds is 5. The van der Waals surface area contributed by atoms with E-state index in [1.54, 1.807) is 0 Å². The molecule has 18 heteroatoms. The summed E-state index contributed by atoms with van der Waals surface area (Å²) in [5.41, 5.74) is -7.06. The molecule has 0 spiro atoms. The molecule has 174 valence electrons. The molecule has 0 saturated carbocycles. The zero-order valence-electron chi connectivity index (χ0n) is 12.8. The monoisotopic (exact) mass is 474 g/mol. The van der Waals surface area contributed by atoms with Crippen LogP contribution in [0.5, 0.6) is 0 Å². The molecule has 0 amide bonds. The highest BCUT2D eigenvalue weighted by Crippen LogP contribution is 2.58. The van der Waals surface area contributed by atoms with E-state index in [0.717, 1.165) is 0 Å². The van der Waals surface area contributed by atoms with Crippen LogP contribution in [0.25, 0.3) is 0 Å². The molecule has 4 atom stereocenters. The van der Waals surface area contributed by atoms with Crippen molar-refractivity contribution >= 4 is 5.97 Å². The van der Waals surface area contributed by atoms with E-state index in [1.807, 2.05) is 0 Å². The Morgan fingerprint density at radius 2 is 1.03 bits per heavy atom. The summed E-state index contributed by atoms with van der Waals surface area (Å²) in [5, 5.41) is 8.17. The van der Waals surface area contributed by atoms with Crippen molar-refractivity contribution in [3.8, 4) is 0 Å². The Hall–Kier alpha value is -1.65. The van der Waals surface area contributed by atoms with Gasteiger partial charge in [0.15, 0.2) is 0 Å². The summed E-state index contributed by atoms with van der Waals surface area (Å²) in [6.07, 6.45) is -38.9. The Kier molecular flexibility index (Phi) is 7.12.